The smallest absolute Gasteiger partial charge is 0.320 e. The van der Waals surface area contributed by atoms with Gasteiger partial charge in [0, 0.05) is 7.11 Å². The maximum absolute atomic E-state index is 12.1. The second kappa shape index (κ2) is 7.58. The fourth-order valence-corrected chi connectivity index (χ4v) is 4.51. The molecule has 1 aliphatic carbocycles. The molecule has 148 valence electrons. The largest absolute Gasteiger partial charge is 0.459 e. The van der Waals surface area contributed by atoms with Crippen LogP contribution in [0.4, 0.5) is 0 Å². The molecular weight excluding hydrogens is 334 g/mol. The average molecular weight is 367 g/mol. The van der Waals surface area contributed by atoms with E-state index in [1.165, 1.54) is 5.57 Å². The van der Waals surface area contributed by atoms with E-state index in [0.29, 0.717) is 0 Å². The van der Waals surface area contributed by atoms with Crippen LogP contribution >= 0.6 is 0 Å². The van der Waals surface area contributed by atoms with Gasteiger partial charge in [0.1, 0.15) is 23.4 Å². The highest BCUT2D eigenvalue weighted by Crippen LogP contribution is 2.59. The molecule has 0 unspecified atom stereocenters. The molecule has 2 heterocycles. The zero-order chi connectivity index (χ0) is 18.9. The van der Waals surface area contributed by atoms with Crippen molar-refractivity contribution in [1.82, 2.24) is 5.32 Å². The Hall–Kier alpha value is -0.950. The van der Waals surface area contributed by atoms with Crippen molar-refractivity contribution in [1.29, 1.82) is 0 Å². The first-order chi connectivity index (χ1) is 12.4. The molecule has 1 saturated carbocycles. The zero-order valence-electron chi connectivity index (χ0n) is 16.7. The van der Waals surface area contributed by atoms with Crippen molar-refractivity contribution in [2.45, 2.75) is 76.5 Å². The van der Waals surface area contributed by atoms with E-state index in [0.717, 1.165) is 32.4 Å². The van der Waals surface area contributed by atoms with E-state index in [4.69, 9.17) is 18.9 Å². The van der Waals surface area contributed by atoms with E-state index in [9.17, 15) is 4.79 Å². The number of rotatable bonds is 8. The van der Waals surface area contributed by atoms with Crippen molar-refractivity contribution in [3.63, 3.8) is 0 Å². The van der Waals surface area contributed by atoms with E-state index in [-0.39, 0.29) is 47.9 Å². The van der Waals surface area contributed by atoms with Gasteiger partial charge in [-0.2, -0.15) is 0 Å². The summed E-state index contributed by atoms with van der Waals surface area (Å²) in [6.07, 6.45) is 4.46. The number of ether oxygens (including phenoxy) is 4. The van der Waals surface area contributed by atoms with Crippen LogP contribution in [0.1, 0.15) is 47.0 Å². The molecule has 2 saturated heterocycles. The molecule has 2 aliphatic heterocycles. The quantitative estimate of drug-likeness (QED) is 0.403. The predicted octanol–water partition coefficient (Wildman–Crippen LogP) is 2.22. The molecule has 3 rings (SSSR count). The summed E-state index contributed by atoms with van der Waals surface area (Å²) in [5.74, 6) is -0.158. The summed E-state index contributed by atoms with van der Waals surface area (Å²) >= 11 is 0. The van der Waals surface area contributed by atoms with Gasteiger partial charge in [0.2, 0.25) is 0 Å². The Morgan fingerprint density at radius 1 is 1.38 bits per heavy atom. The maximum Gasteiger partial charge on any atom is 0.320 e. The highest BCUT2D eigenvalue weighted by molar-refractivity contribution is 5.71. The lowest BCUT2D eigenvalue weighted by molar-refractivity contribution is -0.170. The summed E-state index contributed by atoms with van der Waals surface area (Å²) in [6.45, 7) is 10.0. The minimum Gasteiger partial charge on any atom is -0.459 e. The SMILES string of the molecule is CCNCC(=O)O[C@@H]1CC[C@]2(CO2)[C@@H]([C@]2(C)O[C@@H]2CC=C(C)C)[C@@H]1OC. The first-order valence-corrected chi connectivity index (χ1v) is 9.74. The second-order valence-corrected chi connectivity index (χ2v) is 8.19. The van der Waals surface area contributed by atoms with Crippen molar-refractivity contribution < 1.29 is 23.7 Å². The zero-order valence-corrected chi connectivity index (χ0v) is 16.7. The Balaban J connectivity index is 1.72. The topological polar surface area (TPSA) is 72.6 Å². The van der Waals surface area contributed by atoms with Crippen molar-refractivity contribution in [3.05, 3.63) is 11.6 Å². The van der Waals surface area contributed by atoms with Crippen molar-refractivity contribution in [2.24, 2.45) is 5.92 Å². The fraction of sp³-hybridized carbons (Fsp3) is 0.850. The first-order valence-electron chi connectivity index (χ1n) is 9.74. The lowest BCUT2D eigenvalue weighted by atomic mass is 9.68. The Morgan fingerprint density at radius 3 is 2.69 bits per heavy atom. The average Bonchev–Trinajstić information content (AvgIpc) is 3.50. The predicted molar refractivity (Wildman–Crippen MR) is 98.0 cm³/mol. The first kappa shape index (κ1) is 19.8. The Kier molecular flexibility index (Phi) is 5.78. The van der Waals surface area contributed by atoms with Crippen LogP contribution in [0.15, 0.2) is 11.6 Å². The molecule has 0 bridgehead atoms. The number of carbonyl (C=O) groups is 1. The van der Waals surface area contributed by atoms with Crippen LogP contribution in [-0.2, 0) is 23.7 Å². The summed E-state index contributed by atoms with van der Waals surface area (Å²) in [7, 11) is 1.70. The minimum absolute atomic E-state index is 0.0706. The van der Waals surface area contributed by atoms with Gasteiger partial charge in [0.15, 0.2) is 0 Å². The second-order valence-electron chi connectivity index (χ2n) is 8.19. The molecule has 6 heteroatoms. The van der Waals surface area contributed by atoms with Gasteiger partial charge < -0.3 is 24.3 Å². The van der Waals surface area contributed by atoms with E-state index < -0.39 is 0 Å². The molecule has 0 amide bonds. The summed E-state index contributed by atoms with van der Waals surface area (Å²) in [4.78, 5) is 12.1. The number of esters is 1. The molecule has 3 aliphatic rings. The monoisotopic (exact) mass is 367 g/mol. The summed E-state index contributed by atoms with van der Waals surface area (Å²) in [6, 6.07) is 0. The van der Waals surface area contributed by atoms with Crippen molar-refractivity contribution in [2.75, 3.05) is 26.8 Å². The third kappa shape index (κ3) is 3.84. The standard InChI is InChI=1S/C20H33NO5/c1-6-21-11-16(22)25-14-9-10-20(12-24-20)18(17(14)23-5)19(4)15(26-19)8-7-13(2)3/h7,14-15,17-18,21H,6,8-12H2,1-5H3/t14-,15-,17-,18-,19-,20+/m1/s1. The number of hydrogen-bond donors (Lipinski definition) is 1. The van der Waals surface area contributed by atoms with Gasteiger partial charge in [0.05, 0.1) is 25.2 Å². The van der Waals surface area contributed by atoms with Gasteiger partial charge >= 0.3 is 5.97 Å². The Morgan fingerprint density at radius 2 is 2.12 bits per heavy atom. The number of carbonyl (C=O) groups excluding carboxylic acids is 1. The van der Waals surface area contributed by atoms with Gasteiger partial charge in [-0.3, -0.25) is 4.79 Å². The molecule has 0 aromatic carbocycles. The van der Waals surface area contributed by atoms with E-state index >= 15 is 0 Å². The summed E-state index contributed by atoms with van der Waals surface area (Å²) in [5, 5.41) is 3.02. The Labute approximate surface area is 156 Å². The third-order valence-corrected chi connectivity index (χ3v) is 6.04. The van der Waals surface area contributed by atoms with Gasteiger partial charge in [0.25, 0.3) is 0 Å². The van der Waals surface area contributed by atoms with Crippen LogP contribution in [0.25, 0.3) is 0 Å². The van der Waals surface area contributed by atoms with Crippen LogP contribution in [-0.4, -0.2) is 62.3 Å². The van der Waals surface area contributed by atoms with Crippen LogP contribution in [0.3, 0.4) is 0 Å². The van der Waals surface area contributed by atoms with E-state index in [2.05, 4.69) is 32.2 Å². The number of hydrogen-bond acceptors (Lipinski definition) is 6. The summed E-state index contributed by atoms with van der Waals surface area (Å²) in [5.41, 5.74) is 0.817. The number of methoxy groups -OCH3 is 1. The van der Waals surface area contributed by atoms with E-state index in [1.807, 2.05) is 6.92 Å². The van der Waals surface area contributed by atoms with Gasteiger partial charge in [-0.25, -0.2) is 0 Å². The lowest BCUT2D eigenvalue weighted by Gasteiger charge is -2.42. The number of likely N-dealkylation sites (N-methyl/N-ethyl adjacent to an activating group) is 1. The molecule has 6 nitrogen and oxygen atoms in total. The van der Waals surface area contributed by atoms with Gasteiger partial charge in [-0.1, -0.05) is 18.6 Å². The Bertz CT molecular complexity index is 554. The number of allylic oxidation sites excluding steroid dienone is 1. The molecule has 0 aromatic rings. The molecule has 26 heavy (non-hydrogen) atoms. The number of epoxide rings is 2. The summed E-state index contributed by atoms with van der Waals surface area (Å²) < 4.78 is 23.7. The molecule has 0 radical (unpaired) electrons. The lowest BCUT2D eigenvalue weighted by Crippen LogP contribution is -2.56. The molecule has 6 atom stereocenters. The maximum atomic E-state index is 12.1. The van der Waals surface area contributed by atoms with Gasteiger partial charge in [-0.15, -0.1) is 0 Å². The molecule has 1 N–H and O–H groups in total. The van der Waals surface area contributed by atoms with Crippen molar-refractivity contribution >= 4 is 5.97 Å². The van der Waals surface area contributed by atoms with Crippen LogP contribution in [0.2, 0.25) is 0 Å². The van der Waals surface area contributed by atoms with Gasteiger partial charge in [-0.05, 0) is 46.6 Å². The highest BCUT2D eigenvalue weighted by atomic mass is 16.6. The highest BCUT2D eigenvalue weighted by Gasteiger charge is 2.72. The van der Waals surface area contributed by atoms with Crippen LogP contribution in [0.5, 0.6) is 0 Å². The normalized spacial score (nSPS) is 41.0. The molecular formula is C20H33NO5. The van der Waals surface area contributed by atoms with Crippen molar-refractivity contribution in [3.8, 4) is 0 Å². The fourth-order valence-electron chi connectivity index (χ4n) is 4.51. The van der Waals surface area contributed by atoms with Crippen LogP contribution < -0.4 is 5.32 Å². The molecule has 1 spiro atoms. The minimum atomic E-state index is -0.296. The van der Waals surface area contributed by atoms with Crippen LogP contribution in [0, 0.1) is 5.92 Å². The van der Waals surface area contributed by atoms with E-state index in [1.54, 1.807) is 7.11 Å². The third-order valence-electron chi connectivity index (χ3n) is 6.04. The molecule has 0 aromatic heterocycles. The number of nitrogens with one attached hydrogen (secondary N) is 1. The molecule has 3 fully saturated rings.